The molecule has 6 heteroatoms. The van der Waals surface area contributed by atoms with Crippen molar-refractivity contribution in [3.63, 3.8) is 0 Å². The number of rotatable bonds is 4. The van der Waals surface area contributed by atoms with Gasteiger partial charge in [0.05, 0.1) is 6.61 Å². The molecule has 1 saturated heterocycles. The predicted octanol–water partition coefficient (Wildman–Crippen LogP) is -0.176. The second-order valence-corrected chi connectivity index (χ2v) is 4.72. The van der Waals surface area contributed by atoms with Crippen LogP contribution in [0.3, 0.4) is 0 Å². The second-order valence-electron chi connectivity index (χ2n) is 4.72. The van der Waals surface area contributed by atoms with Gasteiger partial charge >= 0.3 is 0 Å². The minimum absolute atomic E-state index is 0.00470. The van der Waals surface area contributed by atoms with Crippen molar-refractivity contribution in [3.05, 3.63) is 29.6 Å². The number of carbonyl (C=O) groups is 2. The van der Waals surface area contributed by atoms with Gasteiger partial charge in [0, 0.05) is 37.2 Å². The molecular formula is C15H17N3O3. The summed E-state index contributed by atoms with van der Waals surface area (Å²) < 4.78 is 0. The maximum Gasteiger partial charge on any atom is 0.269 e. The van der Waals surface area contributed by atoms with Crippen LogP contribution in [0.4, 0.5) is 0 Å². The smallest absolute Gasteiger partial charge is 0.269 e. The van der Waals surface area contributed by atoms with Crippen LogP contribution in [0.2, 0.25) is 0 Å². The van der Waals surface area contributed by atoms with Crippen LogP contribution < -0.4 is 10.6 Å². The monoisotopic (exact) mass is 287 g/mol. The van der Waals surface area contributed by atoms with Crippen molar-refractivity contribution in [1.29, 1.82) is 0 Å². The van der Waals surface area contributed by atoms with E-state index in [1.807, 2.05) is 0 Å². The van der Waals surface area contributed by atoms with E-state index < -0.39 is 0 Å². The highest BCUT2D eigenvalue weighted by atomic mass is 16.2. The number of nitrogens with zero attached hydrogens (tertiary/aromatic N) is 1. The molecule has 6 nitrogen and oxygen atoms in total. The Labute approximate surface area is 123 Å². The Hall–Kier alpha value is -2.39. The molecule has 0 saturated carbocycles. The number of hydrogen-bond donors (Lipinski definition) is 3. The first-order valence-electron chi connectivity index (χ1n) is 6.82. The average molecular weight is 287 g/mol. The molecule has 0 aliphatic carbocycles. The normalized spacial score (nSPS) is 16.8. The Morgan fingerprint density at radius 1 is 1.52 bits per heavy atom. The van der Waals surface area contributed by atoms with Crippen LogP contribution in [-0.2, 0) is 4.79 Å². The molecule has 110 valence electrons. The fourth-order valence-electron chi connectivity index (χ4n) is 1.96. The first-order chi connectivity index (χ1) is 10.2. The third kappa shape index (κ3) is 4.58. The van der Waals surface area contributed by atoms with Crippen molar-refractivity contribution < 1.29 is 14.7 Å². The van der Waals surface area contributed by atoms with E-state index in [9.17, 15) is 9.59 Å². The molecule has 1 atom stereocenters. The van der Waals surface area contributed by atoms with Crippen molar-refractivity contribution in [1.82, 2.24) is 15.6 Å². The molecule has 1 fully saturated rings. The fraction of sp³-hybridized carbons (Fsp3) is 0.400. The fourth-order valence-corrected chi connectivity index (χ4v) is 1.96. The van der Waals surface area contributed by atoms with E-state index in [2.05, 4.69) is 27.5 Å². The van der Waals surface area contributed by atoms with Gasteiger partial charge in [0.25, 0.3) is 5.91 Å². The molecule has 2 heterocycles. The molecule has 1 aromatic rings. The third-order valence-corrected chi connectivity index (χ3v) is 3.06. The molecule has 1 aromatic heterocycles. The lowest BCUT2D eigenvalue weighted by Gasteiger charge is -2.10. The summed E-state index contributed by atoms with van der Waals surface area (Å²) in [5, 5.41) is 14.2. The van der Waals surface area contributed by atoms with Crippen molar-refractivity contribution in [3.8, 4) is 11.8 Å². The van der Waals surface area contributed by atoms with Gasteiger partial charge in [0.1, 0.15) is 5.69 Å². The number of aromatic nitrogens is 1. The highest BCUT2D eigenvalue weighted by Crippen LogP contribution is 2.05. The van der Waals surface area contributed by atoms with Crippen LogP contribution in [0, 0.1) is 11.8 Å². The van der Waals surface area contributed by atoms with Gasteiger partial charge in [-0.3, -0.25) is 9.59 Å². The highest BCUT2D eigenvalue weighted by molar-refractivity contribution is 5.92. The van der Waals surface area contributed by atoms with Gasteiger partial charge in [-0.25, -0.2) is 4.98 Å². The van der Waals surface area contributed by atoms with E-state index in [-0.39, 0.29) is 24.5 Å². The van der Waals surface area contributed by atoms with Gasteiger partial charge in [-0.2, -0.15) is 0 Å². The summed E-state index contributed by atoms with van der Waals surface area (Å²) in [6.07, 6.45) is 3.19. The van der Waals surface area contributed by atoms with E-state index in [1.165, 1.54) is 6.20 Å². The van der Waals surface area contributed by atoms with E-state index in [0.717, 1.165) is 6.42 Å². The number of aliphatic hydroxyl groups excluding tert-OH is 1. The van der Waals surface area contributed by atoms with Gasteiger partial charge in [0.2, 0.25) is 5.91 Å². The van der Waals surface area contributed by atoms with E-state index >= 15 is 0 Å². The lowest BCUT2D eigenvalue weighted by atomic mass is 10.2. The molecule has 0 spiro atoms. The number of hydrogen-bond acceptors (Lipinski definition) is 4. The summed E-state index contributed by atoms with van der Waals surface area (Å²) in [6, 6.07) is 3.32. The maximum atomic E-state index is 11.9. The lowest BCUT2D eigenvalue weighted by Crippen LogP contribution is -2.38. The number of carbonyl (C=O) groups excluding carboxylic acids is 2. The van der Waals surface area contributed by atoms with Crippen LogP contribution in [0.1, 0.15) is 35.3 Å². The van der Waals surface area contributed by atoms with Crippen LogP contribution in [0.25, 0.3) is 0 Å². The second kappa shape index (κ2) is 7.41. The largest absolute Gasteiger partial charge is 0.395 e. The third-order valence-electron chi connectivity index (χ3n) is 3.06. The molecule has 2 amide bonds. The number of nitrogens with one attached hydrogen (secondary N) is 2. The predicted molar refractivity (Wildman–Crippen MR) is 76.3 cm³/mol. The Balaban J connectivity index is 1.85. The Kier molecular flexibility index (Phi) is 5.29. The summed E-state index contributed by atoms with van der Waals surface area (Å²) in [5.74, 6) is 5.38. The van der Waals surface area contributed by atoms with Crippen LogP contribution in [0.15, 0.2) is 18.3 Å². The standard InChI is InChI=1S/C15H17N3O3/c19-8-2-1-3-11-4-6-13(16-9-11)15(21)17-10-12-5-7-14(20)18-12/h4,6,9,12,19H,2,5,7-8,10H2,(H,17,21)(H,18,20). The molecule has 1 unspecified atom stereocenters. The summed E-state index contributed by atoms with van der Waals surface area (Å²) in [5.41, 5.74) is 1.01. The minimum Gasteiger partial charge on any atom is -0.395 e. The molecule has 3 N–H and O–H groups in total. The zero-order valence-electron chi connectivity index (χ0n) is 11.6. The summed E-state index contributed by atoms with van der Waals surface area (Å²) in [4.78, 5) is 27.0. The van der Waals surface area contributed by atoms with Gasteiger partial charge in [0.15, 0.2) is 0 Å². The van der Waals surface area contributed by atoms with Crippen LogP contribution >= 0.6 is 0 Å². The molecule has 21 heavy (non-hydrogen) atoms. The topological polar surface area (TPSA) is 91.3 Å². The Morgan fingerprint density at radius 3 is 3.00 bits per heavy atom. The molecular weight excluding hydrogens is 270 g/mol. The van der Waals surface area contributed by atoms with Crippen molar-refractivity contribution in [2.75, 3.05) is 13.2 Å². The molecule has 0 aromatic carbocycles. The van der Waals surface area contributed by atoms with Gasteiger partial charge in [-0.05, 0) is 18.6 Å². The number of amides is 2. The van der Waals surface area contributed by atoms with Crippen LogP contribution in [0.5, 0.6) is 0 Å². The van der Waals surface area contributed by atoms with Crippen molar-refractivity contribution >= 4 is 11.8 Å². The number of pyridine rings is 1. The molecule has 0 radical (unpaired) electrons. The molecule has 2 rings (SSSR count). The SMILES string of the molecule is O=C1CCC(CNC(=O)c2ccc(C#CCCO)cn2)N1. The first-order valence-corrected chi connectivity index (χ1v) is 6.82. The molecule has 0 bridgehead atoms. The molecule has 1 aliphatic heterocycles. The minimum atomic E-state index is -0.272. The van der Waals surface area contributed by atoms with Crippen molar-refractivity contribution in [2.45, 2.75) is 25.3 Å². The zero-order valence-corrected chi connectivity index (χ0v) is 11.6. The van der Waals surface area contributed by atoms with Gasteiger partial charge in [-0.1, -0.05) is 11.8 Å². The van der Waals surface area contributed by atoms with Gasteiger partial charge in [-0.15, -0.1) is 0 Å². The van der Waals surface area contributed by atoms with Gasteiger partial charge < -0.3 is 15.7 Å². The quantitative estimate of drug-likeness (QED) is 0.670. The van der Waals surface area contributed by atoms with E-state index in [0.29, 0.717) is 30.6 Å². The summed E-state index contributed by atoms with van der Waals surface area (Å²) in [7, 11) is 0. The zero-order chi connectivity index (χ0) is 15.1. The maximum absolute atomic E-state index is 11.9. The van der Waals surface area contributed by atoms with E-state index in [4.69, 9.17) is 5.11 Å². The van der Waals surface area contributed by atoms with E-state index in [1.54, 1.807) is 12.1 Å². The lowest BCUT2D eigenvalue weighted by molar-refractivity contribution is -0.119. The molecule has 1 aliphatic rings. The van der Waals surface area contributed by atoms with Crippen LogP contribution in [-0.4, -0.2) is 41.1 Å². The summed E-state index contributed by atoms with van der Waals surface area (Å²) >= 11 is 0. The first kappa shape index (κ1) is 15.0. The average Bonchev–Trinajstić information content (AvgIpc) is 2.91. The Morgan fingerprint density at radius 2 is 2.38 bits per heavy atom. The summed E-state index contributed by atoms with van der Waals surface area (Å²) in [6.45, 7) is 0.433. The van der Waals surface area contributed by atoms with Crippen molar-refractivity contribution in [2.24, 2.45) is 0 Å². The Bertz CT molecular complexity index is 572. The highest BCUT2D eigenvalue weighted by Gasteiger charge is 2.21. The number of aliphatic hydroxyl groups is 1.